The van der Waals surface area contributed by atoms with Gasteiger partial charge in [0.15, 0.2) is 0 Å². The maximum Gasteiger partial charge on any atom is 0.278 e. The molecule has 0 atom stereocenters. The Hall–Kier alpha value is -2.24. The number of amidine groups is 1. The summed E-state index contributed by atoms with van der Waals surface area (Å²) in [6, 6.07) is 6.50. The first-order chi connectivity index (χ1) is 7.68. The molecule has 0 amide bonds. The standard InChI is InChI=1S/C10H10N4O2/c11-10-6-5-8(12-13-10)7-3-1-2-4-9(7)14(15)16/h1-4H,5-6H2,(H2,11,13). The lowest BCUT2D eigenvalue weighted by Crippen LogP contribution is -2.18. The SMILES string of the molecule is NC1=NN=C(c2ccccc2[N+](=O)[O-])CC1. The second kappa shape index (κ2) is 4.09. The zero-order chi connectivity index (χ0) is 11.5. The summed E-state index contributed by atoms with van der Waals surface area (Å²) in [5.74, 6) is 0.460. The van der Waals surface area contributed by atoms with Crippen molar-refractivity contribution in [3.63, 3.8) is 0 Å². The van der Waals surface area contributed by atoms with Gasteiger partial charge in [-0.1, -0.05) is 12.1 Å². The van der Waals surface area contributed by atoms with Gasteiger partial charge >= 0.3 is 0 Å². The number of hydrogen-bond acceptors (Lipinski definition) is 5. The minimum atomic E-state index is -0.417. The number of hydrogen-bond donors (Lipinski definition) is 1. The van der Waals surface area contributed by atoms with Crippen molar-refractivity contribution in [2.24, 2.45) is 15.9 Å². The third-order valence-corrected chi connectivity index (χ3v) is 2.33. The van der Waals surface area contributed by atoms with E-state index in [2.05, 4.69) is 10.2 Å². The molecule has 0 bridgehead atoms. The Morgan fingerprint density at radius 3 is 2.62 bits per heavy atom. The van der Waals surface area contributed by atoms with Gasteiger partial charge in [-0.25, -0.2) is 0 Å². The molecule has 6 nitrogen and oxygen atoms in total. The van der Waals surface area contributed by atoms with Crippen molar-refractivity contribution >= 4 is 17.2 Å². The molecule has 0 aromatic heterocycles. The lowest BCUT2D eigenvalue weighted by molar-refractivity contribution is -0.385. The molecule has 1 aromatic carbocycles. The van der Waals surface area contributed by atoms with E-state index in [0.29, 0.717) is 30.0 Å². The third kappa shape index (κ3) is 1.90. The molecule has 1 heterocycles. The zero-order valence-corrected chi connectivity index (χ0v) is 8.46. The molecule has 0 aliphatic carbocycles. The molecule has 6 heteroatoms. The van der Waals surface area contributed by atoms with Gasteiger partial charge in [0.25, 0.3) is 5.69 Å². The van der Waals surface area contributed by atoms with Crippen molar-refractivity contribution in [2.75, 3.05) is 0 Å². The Morgan fingerprint density at radius 1 is 1.25 bits per heavy atom. The first kappa shape index (κ1) is 10.3. The van der Waals surface area contributed by atoms with Gasteiger partial charge in [0.1, 0.15) is 5.84 Å². The molecular formula is C10H10N4O2. The number of benzene rings is 1. The molecule has 1 aliphatic rings. The fourth-order valence-corrected chi connectivity index (χ4v) is 1.54. The zero-order valence-electron chi connectivity index (χ0n) is 8.46. The number of rotatable bonds is 2. The molecule has 2 N–H and O–H groups in total. The van der Waals surface area contributed by atoms with Crippen molar-refractivity contribution in [1.29, 1.82) is 0 Å². The van der Waals surface area contributed by atoms with Gasteiger partial charge in [-0.3, -0.25) is 10.1 Å². The van der Waals surface area contributed by atoms with Crippen LogP contribution in [0.2, 0.25) is 0 Å². The quantitative estimate of drug-likeness (QED) is 0.601. The topological polar surface area (TPSA) is 93.9 Å². The Bertz CT molecular complexity index is 493. The van der Waals surface area contributed by atoms with E-state index in [-0.39, 0.29) is 5.69 Å². The molecule has 0 saturated heterocycles. The Labute approximate surface area is 91.6 Å². The predicted molar refractivity (Wildman–Crippen MR) is 60.5 cm³/mol. The van der Waals surface area contributed by atoms with Crippen LogP contribution in [0.5, 0.6) is 0 Å². The Morgan fingerprint density at radius 2 is 2.00 bits per heavy atom. The summed E-state index contributed by atoms with van der Waals surface area (Å²) in [7, 11) is 0. The molecule has 0 radical (unpaired) electrons. The van der Waals surface area contributed by atoms with E-state index in [1.165, 1.54) is 6.07 Å². The summed E-state index contributed by atoms with van der Waals surface area (Å²) in [6.07, 6.45) is 1.17. The van der Waals surface area contributed by atoms with Crippen molar-refractivity contribution in [3.05, 3.63) is 39.9 Å². The van der Waals surface area contributed by atoms with Crippen molar-refractivity contribution in [3.8, 4) is 0 Å². The summed E-state index contributed by atoms with van der Waals surface area (Å²) < 4.78 is 0. The van der Waals surface area contributed by atoms with Crippen LogP contribution in [-0.4, -0.2) is 16.5 Å². The van der Waals surface area contributed by atoms with Crippen molar-refractivity contribution < 1.29 is 4.92 Å². The average Bonchev–Trinajstić information content (AvgIpc) is 2.30. The fraction of sp³-hybridized carbons (Fsp3) is 0.200. The van der Waals surface area contributed by atoms with Crippen LogP contribution in [0.1, 0.15) is 18.4 Å². The first-order valence-corrected chi connectivity index (χ1v) is 4.81. The van der Waals surface area contributed by atoms with E-state index in [0.717, 1.165) is 0 Å². The van der Waals surface area contributed by atoms with E-state index >= 15 is 0 Å². The maximum absolute atomic E-state index is 10.8. The lowest BCUT2D eigenvalue weighted by Gasteiger charge is -2.09. The van der Waals surface area contributed by atoms with E-state index in [4.69, 9.17) is 5.73 Å². The summed E-state index contributed by atoms with van der Waals surface area (Å²) in [5, 5.41) is 18.5. The number of nitro benzene ring substituents is 1. The number of nitro groups is 1. The van der Waals surface area contributed by atoms with Crippen LogP contribution in [0.4, 0.5) is 5.69 Å². The van der Waals surface area contributed by atoms with Gasteiger partial charge in [-0.05, 0) is 12.5 Å². The van der Waals surface area contributed by atoms with Gasteiger partial charge in [0.2, 0.25) is 0 Å². The minimum absolute atomic E-state index is 0.0527. The second-order valence-electron chi connectivity index (χ2n) is 3.41. The first-order valence-electron chi connectivity index (χ1n) is 4.81. The average molecular weight is 218 g/mol. The number of nitrogens with two attached hydrogens (primary N) is 1. The largest absolute Gasteiger partial charge is 0.386 e. The van der Waals surface area contributed by atoms with Crippen LogP contribution < -0.4 is 5.73 Å². The molecule has 0 saturated carbocycles. The van der Waals surface area contributed by atoms with Crippen LogP contribution in [-0.2, 0) is 0 Å². The second-order valence-corrected chi connectivity index (χ2v) is 3.41. The van der Waals surface area contributed by atoms with E-state index < -0.39 is 4.92 Å². The molecule has 0 unspecified atom stereocenters. The highest BCUT2D eigenvalue weighted by Gasteiger charge is 2.19. The molecule has 16 heavy (non-hydrogen) atoms. The van der Waals surface area contributed by atoms with E-state index in [1.54, 1.807) is 18.2 Å². The van der Waals surface area contributed by atoms with Crippen LogP contribution in [0.3, 0.4) is 0 Å². The molecular weight excluding hydrogens is 208 g/mol. The third-order valence-electron chi connectivity index (χ3n) is 2.33. The fourth-order valence-electron chi connectivity index (χ4n) is 1.54. The Balaban J connectivity index is 2.45. The molecule has 1 aliphatic heterocycles. The van der Waals surface area contributed by atoms with E-state index in [9.17, 15) is 10.1 Å². The molecule has 2 rings (SSSR count). The summed E-state index contributed by atoms with van der Waals surface area (Å²) in [5.41, 5.74) is 6.66. The van der Waals surface area contributed by atoms with E-state index in [1.807, 2.05) is 0 Å². The number of para-hydroxylation sites is 1. The lowest BCUT2D eigenvalue weighted by atomic mass is 10.0. The smallest absolute Gasteiger partial charge is 0.278 e. The molecule has 82 valence electrons. The van der Waals surface area contributed by atoms with Gasteiger partial charge in [-0.2, -0.15) is 5.10 Å². The highest BCUT2D eigenvalue weighted by Crippen LogP contribution is 2.21. The number of nitrogens with zero attached hydrogens (tertiary/aromatic N) is 3. The van der Waals surface area contributed by atoms with Gasteiger partial charge in [0, 0.05) is 12.5 Å². The van der Waals surface area contributed by atoms with Gasteiger partial charge in [-0.15, -0.1) is 5.10 Å². The van der Waals surface area contributed by atoms with Crippen molar-refractivity contribution in [2.45, 2.75) is 12.8 Å². The van der Waals surface area contributed by atoms with Crippen LogP contribution >= 0.6 is 0 Å². The van der Waals surface area contributed by atoms with Crippen LogP contribution in [0, 0.1) is 10.1 Å². The molecule has 0 spiro atoms. The normalized spacial score (nSPS) is 15.2. The predicted octanol–water partition coefficient (Wildman–Crippen LogP) is 1.45. The highest BCUT2D eigenvalue weighted by molar-refractivity contribution is 6.06. The highest BCUT2D eigenvalue weighted by atomic mass is 16.6. The van der Waals surface area contributed by atoms with Gasteiger partial charge in [0.05, 0.1) is 16.2 Å². The van der Waals surface area contributed by atoms with Crippen LogP contribution in [0.25, 0.3) is 0 Å². The summed E-state index contributed by atoms with van der Waals surface area (Å²) >= 11 is 0. The monoisotopic (exact) mass is 218 g/mol. The van der Waals surface area contributed by atoms with Crippen LogP contribution in [0.15, 0.2) is 34.5 Å². The molecule has 1 aromatic rings. The van der Waals surface area contributed by atoms with Crippen molar-refractivity contribution in [1.82, 2.24) is 0 Å². The molecule has 0 fully saturated rings. The van der Waals surface area contributed by atoms with Gasteiger partial charge < -0.3 is 5.73 Å². The summed E-state index contributed by atoms with van der Waals surface area (Å²) in [6.45, 7) is 0. The Kier molecular flexibility index (Phi) is 2.63. The minimum Gasteiger partial charge on any atom is -0.386 e. The summed E-state index contributed by atoms with van der Waals surface area (Å²) in [4.78, 5) is 10.4. The maximum atomic E-state index is 10.8.